The summed E-state index contributed by atoms with van der Waals surface area (Å²) in [5, 5.41) is 0.0624. The zero-order valence-electron chi connectivity index (χ0n) is 8.43. The van der Waals surface area contributed by atoms with Gasteiger partial charge in [0, 0.05) is 6.42 Å². The lowest BCUT2D eigenvalue weighted by molar-refractivity contribution is -0.116. The first-order chi connectivity index (χ1) is 7.15. The third-order valence-electron chi connectivity index (χ3n) is 1.89. The molecule has 0 saturated carbocycles. The lowest BCUT2D eigenvalue weighted by atomic mass is 10.1. The Kier molecular flexibility index (Phi) is 5.12. The Labute approximate surface area is 98.0 Å². The van der Waals surface area contributed by atoms with Crippen molar-refractivity contribution in [3.05, 3.63) is 34.6 Å². The highest BCUT2D eigenvalue weighted by molar-refractivity contribution is 7.99. The fraction of sp³-hybridized carbons (Fsp3) is 0.364. The normalized spacial score (nSPS) is 10.3. The average molecular weight is 247 g/mol. The van der Waals surface area contributed by atoms with E-state index in [1.54, 1.807) is 23.9 Å². The van der Waals surface area contributed by atoms with Gasteiger partial charge in [0.15, 0.2) is 0 Å². The van der Waals surface area contributed by atoms with Gasteiger partial charge in [-0.15, -0.1) is 0 Å². The minimum atomic E-state index is -0.467. The van der Waals surface area contributed by atoms with Gasteiger partial charge in [-0.05, 0) is 17.4 Å². The molecule has 0 unspecified atom stereocenters. The summed E-state index contributed by atoms with van der Waals surface area (Å²) in [6, 6.07) is 4.54. The van der Waals surface area contributed by atoms with Crippen molar-refractivity contribution < 1.29 is 9.18 Å². The van der Waals surface area contributed by atoms with Gasteiger partial charge >= 0.3 is 0 Å². The number of carbonyl (C=O) groups excluding carboxylic acids is 1. The number of hydrogen-bond donors (Lipinski definition) is 0. The maximum Gasteiger partial charge on any atom is 0.147 e. The Bertz CT molecular complexity index is 354. The molecule has 0 fully saturated rings. The van der Waals surface area contributed by atoms with E-state index in [9.17, 15) is 9.18 Å². The molecule has 0 radical (unpaired) electrons. The molecule has 0 aromatic heterocycles. The molecule has 0 aliphatic rings. The molecular weight excluding hydrogens is 235 g/mol. The molecule has 0 spiro atoms. The van der Waals surface area contributed by atoms with Gasteiger partial charge in [0.1, 0.15) is 11.6 Å². The number of hydrogen-bond acceptors (Lipinski definition) is 2. The Morgan fingerprint density at radius 2 is 2.27 bits per heavy atom. The van der Waals surface area contributed by atoms with Crippen molar-refractivity contribution in [3.63, 3.8) is 0 Å². The maximum absolute atomic E-state index is 13.0. The smallest absolute Gasteiger partial charge is 0.147 e. The maximum atomic E-state index is 13.0. The highest BCUT2D eigenvalue weighted by Crippen LogP contribution is 2.20. The summed E-state index contributed by atoms with van der Waals surface area (Å²) in [5.41, 5.74) is 0.568. The molecule has 0 bridgehead atoms. The van der Waals surface area contributed by atoms with Crippen LogP contribution in [0.15, 0.2) is 18.2 Å². The van der Waals surface area contributed by atoms with E-state index in [1.807, 2.05) is 6.92 Å². The van der Waals surface area contributed by atoms with E-state index in [4.69, 9.17) is 11.6 Å². The summed E-state index contributed by atoms with van der Waals surface area (Å²) in [6.45, 7) is 1.99. The van der Waals surface area contributed by atoms with Crippen molar-refractivity contribution in [2.75, 3.05) is 11.5 Å². The van der Waals surface area contributed by atoms with Crippen LogP contribution in [0.3, 0.4) is 0 Å². The van der Waals surface area contributed by atoms with Crippen molar-refractivity contribution in [1.82, 2.24) is 0 Å². The van der Waals surface area contributed by atoms with Crippen LogP contribution >= 0.6 is 23.4 Å². The van der Waals surface area contributed by atoms with Crippen LogP contribution in [0.25, 0.3) is 0 Å². The molecule has 0 aliphatic carbocycles. The molecule has 0 saturated heterocycles. The Morgan fingerprint density at radius 1 is 1.53 bits per heavy atom. The summed E-state index contributed by atoms with van der Waals surface area (Å²) < 4.78 is 13.0. The summed E-state index contributed by atoms with van der Waals surface area (Å²) >= 11 is 7.30. The van der Waals surface area contributed by atoms with Gasteiger partial charge < -0.3 is 0 Å². The first-order valence-corrected chi connectivity index (χ1v) is 6.20. The molecule has 1 aromatic rings. The van der Waals surface area contributed by atoms with Crippen molar-refractivity contribution in [2.45, 2.75) is 13.3 Å². The first kappa shape index (κ1) is 12.5. The molecule has 1 aromatic carbocycles. The van der Waals surface area contributed by atoms with Gasteiger partial charge in [-0.1, -0.05) is 30.7 Å². The summed E-state index contributed by atoms with van der Waals surface area (Å²) in [5.74, 6) is 0.978. The predicted molar refractivity (Wildman–Crippen MR) is 63.1 cm³/mol. The molecular formula is C11H12ClFOS. The molecule has 0 heterocycles. The van der Waals surface area contributed by atoms with Gasteiger partial charge in [-0.3, -0.25) is 4.79 Å². The van der Waals surface area contributed by atoms with Gasteiger partial charge in [0.2, 0.25) is 0 Å². The van der Waals surface area contributed by atoms with Crippen LogP contribution in [-0.4, -0.2) is 17.3 Å². The van der Waals surface area contributed by atoms with E-state index in [2.05, 4.69) is 0 Å². The topological polar surface area (TPSA) is 17.1 Å². The molecule has 1 rings (SSSR count). The number of ketones is 1. The summed E-state index contributed by atoms with van der Waals surface area (Å²) in [4.78, 5) is 11.4. The number of thioether (sulfide) groups is 1. The van der Waals surface area contributed by atoms with E-state index in [1.165, 1.54) is 6.07 Å². The highest BCUT2D eigenvalue weighted by atomic mass is 35.5. The van der Waals surface area contributed by atoms with Crippen molar-refractivity contribution in [2.24, 2.45) is 0 Å². The second-order valence-corrected chi connectivity index (χ2v) is 4.72. The molecule has 15 heavy (non-hydrogen) atoms. The molecule has 0 amide bonds. The van der Waals surface area contributed by atoms with Crippen LogP contribution < -0.4 is 0 Å². The van der Waals surface area contributed by atoms with E-state index in [-0.39, 0.29) is 17.2 Å². The predicted octanol–water partition coefficient (Wildman–Crippen LogP) is 3.34. The molecule has 0 aliphatic heterocycles. The monoisotopic (exact) mass is 246 g/mol. The second-order valence-electron chi connectivity index (χ2n) is 3.07. The van der Waals surface area contributed by atoms with Gasteiger partial charge in [0.05, 0.1) is 10.8 Å². The summed E-state index contributed by atoms with van der Waals surface area (Å²) in [7, 11) is 0. The minimum absolute atomic E-state index is 0.0624. The van der Waals surface area contributed by atoms with E-state index >= 15 is 0 Å². The third-order valence-corrected chi connectivity index (χ3v) is 3.24. The third kappa shape index (κ3) is 3.84. The molecule has 0 atom stereocenters. The molecule has 4 heteroatoms. The van der Waals surface area contributed by atoms with Crippen LogP contribution in [0.2, 0.25) is 5.02 Å². The van der Waals surface area contributed by atoms with Crippen molar-refractivity contribution in [3.8, 4) is 0 Å². The highest BCUT2D eigenvalue weighted by Gasteiger charge is 2.09. The van der Waals surface area contributed by atoms with Crippen LogP contribution in [-0.2, 0) is 11.2 Å². The number of rotatable bonds is 5. The fourth-order valence-electron chi connectivity index (χ4n) is 1.16. The quantitative estimate of drug-likeness (QED) is 0.793. The van der Waals surface area contributed by atoms with Gasteiger partial charge in [0.25, 0.3) is 0 Å². The number of benzene rings is 1. The molecule has 0 N–H and O–H groups in total. The van der Waals surface area contributed by atoms with E-state index in [0.29, 0.717) is 11.3 Å². The van der Waals surface area contributed by atoms with Gasteiger partial charge in [-0.25, -0.2) is 4.39 Å². The standard InChI is InChI=1S/C11H12ClFOS/c1-2-15-7-9(14)6-8-4-3-5-10(13)11(8)12/h3-5H,2,6-7H2,1H3. The number of halogens is 2. The zero-order valence-corrected chi connectivity index (χ0v) is 10.00. The lowest BCUT2D eigenvalue weighted by Crippen LogP contribution is -2.06. The largest absolute Gasteiger partial charge is 0.298 e. The van der Waals surface area contributed by atoms with E-state index < -0.39 is 5.82 Å². The van der Waals surface area contributed by atoms with Crippen molar-refractivity contribution >= 4 is 29.1 Å². The molecule has 82 valence electrons. The Morgan fingerprint density at radius 3 is 2.93 bits per heavy atom. The summed E-state index contributed by atoms with van der Waals surface area (Å²) in [6.07, 6.45) is 0.212. The van der Waals surface area contributed by atoms with Crippen LogP contribution in [0.4, 0.5) is 4.39 Å². The number of carbonyl (C=O) groups is 1. The SMILES string of the molecule is CCSCC(=O)Cc1cccc(F)c1Cl. The van der Waals surface area contributed by atoms with Crippen LogP contribution in [0.5, 0.6) is 0 Å². The van der Waals surface area contributed by atoms with Crippen LogP contribution in [0, 0.1) is 5.82 Å². The zero-order chi connectivity index (χ0) is 11.3. The van der Waals surface area contributed by atoms with Crippen molar-refractivity contribution in [1.29, 1.82) is 0 Å². The van der Waals surface area contributed by atoms with Crippen LogP contribution in [0.1, 0.15) is 12.5 Å². The lowest BCUT2D eigenvalue weighted by Gasteiger charge is -2.03. The minimum Gasteiger partial charge on any atom is -0.298 e. The average Bonchev–Trinajstić information content (AvgIpc) is 2.22. The molecule has 1 nitrogen and oxygen atoms in total. The Balaban J connectivity index is 2.64. The van der Waals surface area contributed by atoms with Gasteiger partial charge in [-0.2, -0.15) is 11.8 Å². The second kappa shape index (κ2) is 6.13. The Hall–Kier alpha value is -0.540. The fourth-order valence-corrected chi connectivity index (χ4v) is 1.89. The first-order valence-electron chi connectivity index (χ1n) is 4.67. The number of Topliss-reactive ketones (excluding diaryl/α,β-unsaturated/α-hetero) is 1. The van der Waals surface area contributed by atoms with E-state index in [0.717, 1.165) is 5.75 Å².